The maximum atomic E-state index is 3.78. The van der Waals surface area contributed by atoms with Crippen molar-refractivity contribution in [3.8, 4) is 0 Å². The van der Waals surface area contributed by atoms with Gasteiger partial charge in [0.25, 0.3) is 0 Å². The summed E-state index contributed by atoms with van der Waals surface area (Å²) < 4.78 is 1.53. The first-order chi connectivity index (χ1) is 5.89. The van der Waals surface area contributed by atoms with E-state index in [-0.39, 0.29) is 0 Å². The van der Waals surface area contributed by atoms with E-state index in [9.17, 15) is 0 Å². The predicted molar refractivity (Wildman–Crippen MR) is 43.0 cm³/mol. The molecule has 0 radical (unpaired) electrons. The normalized spacial score (nSPS) is 8.42. The molecule has 2 rings (SSSR count). The van der Waals surface area contributed by atoms with Crippen LogP contribution in [0.1, 0.15) is 0 Å². The molecule has 0 amide bonds. The van der Waals surface area contributed by atoms with Crippen LogP contribution >= 0.6 is 0 Å². The molecule has 0 fully saturated rings. The summed E-state index contributed by atoms with van der Waals surface area (Å²) in [6, 6.07) is 5.72. The van der Waals surface area contributed by atoms with Gasteiger partial charge in [0.1, 0.15) is 6.33 Å². The molecular formula is C7H9N5. The molecule has 12 heavy (non-hydrogen) atoms. The fourth-order valence-corrected chi connectivity index (χ4v) is 0.520. The van der Waals surface area contributed by atoms with E-state index < -0.39 is 0 Å². The second kappa shape index (κ2) is 4.95. The minimum atomic E-state index is 1.53. The minimum Gasteiger partial charge on any atom is -0.265 e. The van der Waals surface area contributed by atoms with Crippen molar-refractivity contribution in [3.63, 3.8) is 0 Å². The molecule has 0 spiro atoms. The molecule has 0 saturated carbocycles. The fraction of sp³-hybridized carbons (Fsp3) is 0.143. The van der Waals surface area contributed by atoms with Crippen molar-refractivity contribution in [3.05, 3.63) is 36.9 Å². The molecule has 0 aromatic carbocycles. The SMILES string of the molecule is Cn1cnnn1.c1ccncc1. The highest BCUT2D eigenvalue weighted by atomic mass is 15.5. The van der Waals surface area contributed by atoms with Gasteiger partial charge in [0, 0.05) is 19.4 Å². The summed E-state index contributed by atoms with van der Waals surface area (Å²) in [5, 5.41) is 10.2. The lowest BCUT2D eigenvalue weighted by atomic mass is 10.5. The van der Waals surface area contributed by atoms with Crippen molar-refractivity contribution in [2.75, 3.05) is 0 Å². The van der Waals surface area contributed by atoms with Gasteiger partial charge in [-0.1, -0.05) is 6.07 Å². The van der Waals surface area contributed by atoms with Crippen molar-refractivity contribution < 1.29 is 0 Å². The zero-order valence-corrected chi connectivity index (χ0v) is 6.70. The third kappa shape index (κ3) is 3.40. The van der Waals surface area contributed by atoms with Crippen molar-refractivity contribution in [1.82, 2.24) is 25.2 Å². The zero-order valence-electron chi connectivity index (χ0n) is 6.70. The first-order valence-electron chi connectivity index (χ1n) is 3.41. The lowest BCUT2D eigenvalue weighted by Crippen LogP contribution is -1.85. The summed E-state index contributed by atoms with van der Waals surface area (Å²) in [5.41, 5.74) is 0. The molecule has 2 heterocycles. The van der Waals surface area contributed by atoms with Crippen LogP contribution in [0.5, 0.6) is 0 Å². The van der Waals surface area contributed by atoms with E-state index in [0.717, 1.165) is 0 Å². The van der Waals surface area contributed by atoms with Crippen molar-refractivity contribution in [2.45, 2.75) is 0 Å². The van der Waals surface area contributed by atoms with E-state index in [4.69, 9.17) is 0 Å². The maximum absolute atomic E-state index is 3.78. The molecule has 0 N–H and O–H groups in total. The van der Waals surface area contributed by atoms with Crippen LogP contribution in [0.15, 0.2) is 36.9 Å². The lowest BCUT2D eigenvalue weighted by Gasteiger charge is -1.71. The maximum Gasteiger partial charge on any atom is 0.137 e. The van der Waals surface area contributed by atoms with Gasteiger partial charge < -0.3 is 0 Å². The predicted octanol–water partition coefficient (Wildman–Crippen LogP) is 0.292. The topological polar surface area (TPSA) is 56.5 Å². The molecule has 0 aliphatic carbocycles. The van der Waals surface area contributed by atoms with Gasteiger partial charge in [-0.2, -0.15) is 0 Å². The highest BCUT2D eigenvalue weighted by molar-refractivity contribution is 4.88. The van der Waals surface area contributed by atoms with Crippen LogP contribution in [-0.2, 0) is 7.05 Å². The average molecular weight is 163 g/mol. The van der Waals surface area contributed by atoms with Crippen molar-refractivity contribution in [1.29, 1.82) is 0 Å². The molecule has 0 aliphatic rings. The number of hydrogen-bond donors (Lipinski definition) is 0. The van der Waals surface area contributed by atoms with E-state index in [1.54, 1.807) is 19.4 Å². The number of aromatic nitrogens is 5. The molecule has 0 bridgehead atoms. The summed E-state index contributed by atoms with van der Waals surface area (Å²) in [5.74, 6) is 0. The molecule has 0 aliphatic heterocycles. The zero-order chi connectivity index (χ0) is 8.65. The van der Waals surface area contributed by atoms with Crippen LogP contribution in [-0.4, -0.2) is 25.2 Å². The number of rotatable bonds is 0. The smallest absolute Gasteiger partial charge is 0.137 e. The second-order valence-corrected chi connectivity index (χ2v) is 2.01. The summed E-state index contributed by atoms with van der Waals surface area (Å²) >= 11 is 0. The van der Waals surface area contributed by atoms with E-state index in [1.165, 1.54) is 11.0 Å². The molecule has 0 unspecified atom stereocenters. The van der Waals surface area contributed by atoms with Crippen LogP contribution in [0.2, 0.25) is 0 Å². The molecule has 0 atom stereocenters. The molecule has 0 saturated heterocycles. The Hall–Kier alpha value is -1.78. The van der Waals surface area contributed by atoms with Crippen LogP contribution in [0.3, 0.4) is 0 Å². The first-order valence-corrected chi connectivity index (χ1v) is 3.41. The lowest BCUT2D eigenvalue weighted by molar-refractivity contribution is 0.710. The standard InChI is InChI=1S/C5H5N.C2H4N4/c1-2-4-6-5-3-1;1-6-2-3-4-5-6/h1-5H;2H,1H3. The molecular weight excluding hydrogens is 154 g/mol. The van der Waals surface area contributed by atoms with E-state index in [1.807, 2.05) is 18.2 Å². The van der Waals surface area contributed by atoms with Crippen LogP contribution in [0, 0.1) is 0 Å². The highest BCUT2D eigenvalue weighted by Crippen LogP contribution is 1.73. The van der Waals surface area contributed by atoms with E-state index in [2.05, 4.69) is 20.5 Å². The number of tetrazole rings is 1. The largest absolute Gasteiger partial charge is 0.265 e. The van der Waals surface area contributed by atoms with Gasteiger partial charge in [-0.25, -0.2) is 4.68 Å². The Morgan fingerprint density at radius 1 is 1.08 bits per heavy atom. The second-order valence-electron chi connectivity index (χ2n) is 2.01. The van der Waals surface area contributed by atoms with E-state index >= 15 is 0 Å². The van der Waals surface area contributed by atoms with Crippen LogP contribution < -0.4 is 0 Å². The third-order valence-corrected chi connectivity index (χ3v) is 1.02. The van der Waals surface area contributed by atoms with Gasteiger partial charge in [-0.3, -0.25) is 4.98 Å². The number of hydrogen-bond acceptors (Lipinski definition) is 4. The monoisotopic (exact) mass is 163 g/mol. The average Bonchev–Trinajstić information content (AvgIpc) is 2.60. The molecule has 2 aromatic heterocycles. The molecule has 5 nitrogen and oxygen atoms in total. The molecule has 2 aromatic rings. The Labute approximate surface area is 70.1 Å². The summed E-state index contributed by atoms with van der Waals surface area (Å²) in [4.78, 5) is 3.78. The Balaban J connectivity index is 0.000000120. The van der Waals surface area contributed by atoms with Gasteiger partial charge in [0.05, 0.1) is 0 Å². The Kier molecular flexibility index (Phi) is 3.43. The summed E-state index contributed by atoms with van der Waals surface area (Å²) in [6.07, 6.45) is 5.03. The van der Waals surface area contributed by atoms with E-state index in [0.29, 0.717) is 0 Å². The molecule has 5 heteroatoms. The van der Waals surface area contributed by atoms with Gasteiger partial charge in [-0.15, -0.1) is 5.10 Å². The Morgan fingerprint density at radius 2 is 1.83 bits per heavy atom. The summed E-state index contributed by atoms with van der Waals surface area (Å²) in [6.45, 7) is 0. The minimum absolute atomic E-state index is 1.53. The van der Waals surface area contributed by atoms with Crippen molar-refractivity contribution >= 4 is 0 Å². The number of nitrogens with zero attached hydrogens (tertiary/aromatic N) is 5. The third-order valence-electron chi connectivity index (χ3n) is 1.02. The summed E-state index contributed by atoms with van der Waals surface area (Å²) in [7, 11) is 1.76. The van der Waals surface area contributed by atoms with Gasteiger partial charge in [0.15, 0.2) is 0 Å². The fourth-order valence-electron chi connectivity index (χ4n) is 0.520. The number of aryl methyl sites for hydroxylation is 1. The van der Waals surface area contributed by atoms with Crippen molar-refractivity contribution in [2.24, 2.45) is 7.05 Å². The Bertz CT molecular complexity index is 251. The van der Waals surface area contributed by atoms with Crippen LogP contribution in [0.25, 0.3) is 0 Å². The Morgan fingerprint density at radius 3 is 2.00 bits per heavy atom. The number of pyridine rings is 1. The van der Waals surface area contributed by atoms with Gasteiger partial charge in [0.2, 0.25) is 0 Å². The quantitative estimate of drug-likeness (QED) is 0.560. The highest BCUT2D eigenvalue weighted by Gasteiger charge is 1.72. The van der Waals surface area contributed by atoms with Gasteiger partial charge in [-0.05, 0) is 22.6 Å². The first kappa shape index (κ1) is 8.32. The van der Waals surface area contributed by atoms with Crippen LogP contribution in [0.4, 0.5) is 0 Å². The van der Waals surface area contributed by atoms with Gasteiger partial charge >= 0.3 is 0 Å². The molecule has 62 valence electrons.